The highest BCUT2D eigenvalue weighted by atomic mass is 32.2. The van der Waals surface area contributed by atoms with Crippen LogP contribution in [0.3, 0.4) is 0 Å². The minimum atomic E-state index is -1.13. The van der Waals surface area contributed by atoms with Crippen LogP contribution >= 0.6 is 11.9 Å². The topological polar surface area (TPSA) is 91.4 Å². The molecule has 1 fully saturated rings. The van der Waals surface area contributed by atoms with E-state index in [1.165, 1.54) is 28.4 Å². The summed E-state index contributed by atoms with van der Waals surface area (Å²) in [7, 11) is 1.30. The minimum absolute atomic E-state index is 0.136. The molecule has 0 aromatic rings. The summed E-state index contributed by atoms with van der Waals surface area (Å²) in [5.41, 5.74) is 0. The van der Waals surface area contributed by atoms with E-state index in [0.717, 1.165) is 0 Å². The zero-order valence-electron chi connectivity index (χ0n) is 7.01. The fraction of sp³-hybridized carbons (Fsp3) is 0.600. The molecule has 1 heterocycles. The summed E-state index contributed by atoms with van der Waals surface area (Å²) < 4.78 is 1.42. The zero-order valence-corrected chi connectivity index (χ0v) is 7.82. The first-order chi connectivity index (χ1) is 6.15. The molecule has 0 spiro atoms. The third kappa shape index (κ3) is 2.47. The lowest BCUT2D eigenvalue weighted by Crippen LogP contribution is -2.37. The van der Waals surface area contributed by atoms with Crippen LogP contribution in [0.25, 0.3) is 0 Å². The molecule has 0 unspecified atom stereocenters. The van der Waals surface area contributed by atoms with Gasteiger partial charge in [0.2, 0.25) is 0 Å². The Balaban J connectivity index is 2.66. The molecule has 0 aromatic carbocycles. The normalized spacial score (nSPS) is 19.2. The van der Waals surface area contributed by atoms with Crippen LogP contribution in [-0.2, 0) is 9.63 Å². The Kier molecular flexibility index (Phi) is 3.34. The number of rotatable bonds is 1. The molecule has 0 aromatic heterocycles. The molecular weight excluding hydrogens is 196 g/mol. The largest absolute Gasteiger partial charge is 0.475 e. The average Bonchev–Trinajstić information content (AvgIpc) is 2.46. The van der Waals surface area contributed by atoms with E-state index in [2.05, 4.69) is 9.99 Å². The maximum Gasteiger partial charge on any atom is 0.375 e. The van der Waals surface area contributed by atoms with Crippen LogP contribution in [0.4, 0.5) is 0 Å². The van der Waals surface area contributed by atoms with E-state index in [9.17, 15) is 4.79 Å². The molecule has 1 rings (SSSR count). The van der Waals surface area contributed by atoms with Crippen LogP contribution in [0, 0.1) is 0 Å². The summed E-state index contributed by atoms with van der Waals surface area (Å²) in [5, 5.41) is 12.1. The molecular formula is C5H10N4O3S. The second-order valence-electron chi connectivity index (χ2n) is 2.26. The van der Waals surface area contributed by atoms with Gasteiger partial charge in [-0.25, -0.2) is 4.79 Å². The Morgan fingerprint density at radius 3 is 2.85 bits per heavy atom. The lowest BCUT2D eigenvalue weighted by atomic mass is 10.5. The Hall–Kier alpha value is -0.990. The molecule has 13 heavy (non-hydrogen) atoms. The Morgan fingerprint density at radius 2 is 2.46 bits per heavy atom. The van der Waals surface area contributed by atoms with E-state index in [4.69, 9.17) is 10.9 Å². The second-order valence-corrected chi connectivity index (χ2v) is 3.24. The molecule has 74 valence electrons. The van der Waals surface area contributed by atoms with Crippen LogP contribution in [0.2, 0.25) is 0 Å². The summed E-state index contributed by atoms with van der Waals surface area (Å²) >= 11 is 1.31. The lowest BCUT2D eigenvalue weighted by molar-refractivity contribution is -0.130. The summed E-state index contributed by atoms with van der Waals surface area (Å²) in [6.07, 6.45) is 0. The zero-order chi connectivity index (χ0) is 9.84. The van der Waals surface area contributed by atoms with E-state index in [1.807, 2.05) is 0 Å². The molecule has 0 bridgehead atoms. The molecule has 1 aliphatic rings. The van der Waals surface area contributed by atoms with Crippen LogP contribution in [-0.4, -0.2) is 45.9 Å². The predicted molar refractivity (Wildman–Crippen MR) is 47.3 cm³/mol. The number of carboxylic acids is 1. The summed E-state index contributed by atoms with van der Waals surface area (Å²) in [6, 6.07) is 0. The highest BCUT2D eigenvalue weighted by Gasteiger charge is 2.26. The maximum atomic E-state index is 10.7. The number of hydrogen-bond donors (Lipinski definition) is 2. The first-order valence-electron chi connectivity index (χ1n) is 3.39. The third-order valence-corrected chi connectivity index (χ3v) is 2.23. The number of hydrazine groups is 1. The fourth-order valence-electron chi connectivity index (χ4n) is 0.840. The van der Waals surface area contributed by atoms with Crippen LogP contribution in [0.5, 0.6) is 0 Å². The summed E-state index contributed by atoms with van der Waals surface area (Å²) in [6.45, 7) is 0.319. The van der Waals surface area contributed by atoms with Gasteiger partial charge in [0, 0.05) is 0 Å². The van der Waals surface area contributed by atoms with Gasteiger partial charge in [0.25, 0.3) is 5.84 Å². The van der Waals surface area contributed by atoms with E-state index in [0.29, 0.717) is 12.5 Å². The van der Waals surface area contributed by atoms with Gasteiger partial charge in [-0.2, -0.15) is 4.41 Å². The van der Waals surface area contributed by atoms with Crippen molar-refractivity contribution in [3.63, 3.8) is 0 Å². The van der Waals surface area contributed by atoms with Crippen molar-refractivity contribution in [1.29, 1.82) is 0 Å². The van der Waals surface area contributed by atoms with Gasteiger partial charge in [0.15, 0.2) is 0 Å². The number of hydrogen-bond acceptors (Lipinski definition) is 6. The Morgan fingerprint density at radius 1 is 1.77 bits per heavy atom. The first-order valence-corrected chi connectivity index (χ1v) is 4.34. The fourth-order valence-corrected chi connectivity index (χ4v) is 1.55. The van der Waals surface area contributed by atoms with Gasteiger partial charge < -0.3 is 14.8 Å². The smallest absolute Gasteiger partial charge is 0.375 e. The lowest BCUT2D eigenvalue weighted by Gasteiger charge is -2.14. The van der Waals surface area contributed by atoms with Crippen molar-refractivity contribution in [1.82, 2.24) is 9.31 Å². The molecule has 0 aliphatic carbocycles. The van der Waals surface area contributed by atoms with Gasteiger partial charge >= 0.3 is 5.97 Å². The minimum Gasteiger partial charge on any atom is -0.475 e. The van der Waals surface area contributed by atoms with Crippen molar-refractivity contribution in [2.45, 2.75) is 0 Å². The summed E-state index contributed by atoms with van der Waals surface area (Å²) in [5.74, 6) is 4.63. The van der Waals surface area contributed by atoms with Gasteiger partial charge in [-0.05, 0) is 11.9 Å². The van der Waals surface area contributed by atoms with E-state index in [-0.39, 0.29) is 5.84 Å². The molecule has 7 nitrogen and oxygen atoms in total. The highest BCUT2D eigenvalue weighted by Crippen LogP contribution is 2.16. The number of oxime groups is 1. The Bertz CT molecular complexity index is 234. The third-order valence-electron chi connectivity index (χ3n) is 1.36. The molecule has 0 saturated carbocycles. The first kappa shape index (κ1) is 10.1. The van der Waals surface area contributed by atoms with Gasteiger partial charge in [0.05, 0.1) is 12.5 Å². The number of aliphatic carboxylic acids is 1. The SMILES string of the molecule is CO/N=C(/C(=O)O)N1CSN(N)C1. The highest BCUT2D eigenvalue weighted by molar-refractivity contribution is 7.97. The number of nitrogens with zero attached hydrogens (tertiary/aromatic N) is 3. The molecule has 1 saturated heterocycles. The quantitative estimate of drug-likeness (QED) is 0.188. The standard InChI is InChI=1S/C5H10N4O3S/c1-12-7-4(5(10)11)8-2-9(6)13-3-8/h2-3,6H2,1H3,(H,10,11)/b7-4-. The molecule has 1 aliphatic heterocycles. The molecule has 0 atom stereocenters. The van der Waals surface area contributed by atoms with Gasteiger partial charge in [-0.1, -0.05) is 5.16 Å². The van der Waals surface area contributed by atoms with Crippen molar-refractivity contribution in [2.75, 3.05) is 19.7 Å². The average molecular weight is 206 g/mol. The summed E-state index contributed by atoms with van der Waals surface area (Å²) in [4.78, 5) is 16.6. The van der Waals surface area contributed by atoms with Crippen molar-refractivity contribution < 1.29 is 14.7 Å². The monoisotopic (exact) mass is 206 g/mol. The predicted octanol–water partition coefficient (Wildman–Crippen LogP) is -0.915. The van der Waals surface area contributed by atoms with Gasteiger partial charge in [-0.3, -0.25) is 5.84 Å². The van der Waals surface area contributed by atoms with Gasteiger partial charge in [0.1, 0.15) is 7.11 Å². The number of carbonyl (C=O) groups is 1. The van der Waals surface area contributed by atoms with Crippen molar-refractivity contribution in [3.05, 3.63) is 0 Å². The Labute approximate surface area is 79.2 Å². The van der Waals surface area contributed by atoms with Crippen molar-refractivity contribution in [3.8, 4) is 0 Å². The number of nitrogens with two attached hydrogens (primary N) is 1. The molecule has 0 amide bonds. The maximum absolute atomic E-state index is 10.7. The van der Waals surface area contributed by atoms with Crippen LogP contribution in [0.15, 0.2) is 5.16 Å². The van der Waals surface area contributed by atoms with Gasteiger partial charge in [-0.15, -0.1) is 0 Å². The second kappa shape index (κ2) is 4.30. The number of carboxylic acid groups (broad SMARTS) is 1. The van der Waals surface area contributed by atoms with Crippen LogP contribution in [0.1, 0.15) is 0 Å². The molecule has 8 heteroatoms. The molecule has 3 N–H and O–H groups in total. The van der Waals surface area contributed by atoms with Crippen molar-refractivity contribution >= 4 is 23.8 Å². The van der Waals surface area contributed by atoms with E-state index in [1.54, 1.807) is 0 Å². The van der Waals surface area contributed by atoms with Crippen LogP contribution < -0.4 is 5.84 Å². The number of amidine groups is 1. The van der Waals surface area contributed by atoms with E-state index >= 15 is 0 Å². The van der Waals surface area contributed by atoms with Crippen molar-refractivity contribution in [2.24, 2.45) is 11.0 Å². The van der Waals surface area contributed by atoms with E-state index < -0.39 is 5.97 Å². The molecule has 0 radical (unpaired) electrons.